The van der Waals surface area contributed by atoms with Crippen LogP contribution in [0.4, 0.5) is 0 Å². The minimum absolute atomic E-state index is 0.144. The second kappa shape index (κ2) is 5.45. The molecule has 0 amide bonds. The van der Waals surface area contributed by atoms with E-state index in [0.717, 1.165) is 16.8 Å². The van der Waals surface area contributed by atoms with Crippen LogP contribution in [0.15, 0.2) is 42.6 Å². The van der Waals surface area contributed by atoms with Gasteiger partial charge in [-0.2, -0.15) is 0 Å². The highest BCUT2D eigenvalue weighted by molar-refractivity contribution is 5.67. The Labute approximate surface area is 106 Å². The van der Waals surface area contributed by atoms with Crippen LogP contribution in [-0.4, -0.2) is 16.1 Å². The third-order valence-corrected chi connectivity index (χ3v) is 2.87. The molecule has 92 valence electrons. The van der Waals surface area contributed by atoms with Crippen molar-refractivity contribution >= 4 is 5.97 Å². The number of carboxylic acids is 1. The van der Waals surface area contributed by atoms with Crippen molar-refractivity contribution < 1.29 is 9.90 Å². The molecule has 1 aromatic carbocycles. The Morgan fingerprint density at radius 3 is 2.61 bits per heavy atom. The van der Waals surface area contributed by atoms with Gasteiger partial charge in [0.2, 0.25) is 0 Å². The highest BCUT2D eigenvalue weighted by Crippen LogP contribution is 2.21. The standard InChI is InChI=1S/C15H15NO2/c1-11-4-2-3-5-13(11)14-8-6-12(10-16-14)7-9-15(17)18/h2-6,8,10H,7,9H2,1H3,(H,17,18). The van der Waals surface area contributed by atoms with Gasteiger partial charge in [0.15, 0.2) is 0 Å². The molecule has 0 aliphatic carbocycles. The van der Waals surface area contributed by atoms with Crippen molar-refractivity contribution in [2.45, 2.75) is 19.8 Å². The van der Waals surface area contributed by atoms with Crippen molar-refractivity contribution in [2.24, 2.45) is 0 Å². The normalized spacial score (nSPS) is 10.3. The topological polar surface area (TPSA) is 50.2 Å². The first kappa shape index (κ1) is 12.3. The Morgan fingerprint density at radius 1 is 1.22 bits per heavy atom. The molecular formula is C15H15NO2. The van der Waals surface area contributed by atoms with E-state index >= 15 is 0 Å². The van der Waals surface area contributed by atoms with E-state index in [1.807, 2.05) is 30.3 Å². The molecule has 0 fully saturated rings. The zero-order valence-electron chi connectivity index (χ0n) is 10.3. The Morgan fingerprint density at radius 2 is 2.00 bits per heavy atom. The summed E-state index contributed by atoms with van der Waals surface area (Å²) in [6, 6.07) is 12.0. The van der Waals surface area contributed by atoms with Gasteiger partial charge in [0, 0.05) is 18.2 Å². The summed E-state index contributed by atoms with van der Waals surface area (Å²) in [4.78, 5) is 14.9. The molecule has 0 aliphatic rings. The molecule has 0 radical (unpaired) electrons. The summed E-state index contributed by atoms with van der Waals surface area (Å²) in [5, 5.41) is 8.62. The molecule has 0 atom stereocenters. The molecule has 0 saturated heterocycles. The van der Waals surface area contributed by atoms with E-state index in [1.54, 1.807) is 6.20 Å². The lowest BCUT2D eigenvalue weighted by atomic mass is 10.0. The molecule has 1 heterocycles. The summed E-state index contributed by atoms with van der Waals surface area (Å²) >= 11 is 0. The first-order chi connectivity index (χ1) is 8.66. The van der Waals surface area contributed by atoms with Gasteiger partial charge in [-0.3, -0.25) is 9.78 Å². The number of hydrogen-bond acceptors (Lipinski definition) is 2. The van der Waals surface area contributed by atoms with Gasteiger partial charge in [-0.15, -0.1) is 0 Å². The maximum atomic E-state index is 10.5. The van der Waals surface area contributed by atoms with Gasteiger partial charge in [-0.05, 0) is 30.5 Å². The summed E-state index contributed by atoms with van der Waals surface area (Å²) in [6.45, 7) is 2.05. The van der Waals surface area contributed by atoms with E-state index < -0.39 is 5.97 Å². The highest BCUT2D eigenvalue weighted by atomic mass is 16.4. The third kappa shape index (κ3) is 2.94. The SMILES string of the molecule is Cc1ccccc1-c1ccc(CCC(=O)O)cn1. The van der Waals surface area contributed by atoms with Crippen molar-refractivity contribution in [3.63, 3.8) is 0 Å². The van der Waals surface area contributed by atoms with Crippen molar-refractivity contribution in [2.75, 3.05) is 0 Å². The smallest absolute Gasteiger partial charge is 0.303 e. The first-order valence-electron chi connectivity index (χ1n) is 5.89. The summed E-state index contributed by atoms with van der Waals surface area (Å²) < 4.78 is 0. The van der Waals surface area contributed by atoms with Gasteiger partial charge in [-0.1, -0.05) is 30.3 Å². The quantitative estimate of drug-likeness (QED) is 0.894. The lowest BCUT2D eigenvalue weighted by molar-refractivity contribution is -0.136. The summed E-state index contributed by atoms with van der Waals surface area (Å²) in [7, 11) is 0. The highest BCUT2D eigenvalue weighted by Gasteiger charge is 2.03. The average molecular weight is 241 g/mol. The second-order valence-corrected chi connectivity index (χ2v) is 4.26. The molecular weight excluding hydrogens is 226 g/mol. The molecule has 0 bridgehead atoms. The van der Waals surface area contributed by atoms with Crippen LogP contribution in [0.5, 0.6) is 0 Å². The van der Waals surface area contributed by atoms with Gasteiger partial charge >= 0.3 is 5.97 Å². The van der Waals surface area contributed by atoms with Crippen molar-refractivity contribution in [3.8, 4) is 11.3 Å². The number of aliphatic carboxylic acids is 1. The van der Waals surface area contributed by atoms with E-state index in [-0.39, 0.29) is 6.42 Å². The van der Waals surface area contributed by atoms with Crippen LogP contribution in [0.25, 0.3) is 11.3 Å². The summed E-state index contributed by atoms with van der Waals surface area (Å²) in [6.07, 6.45) is 2.42. The fraction of sp³-hybridized carbons (Fsp3) is 0.200. The van der Waals surface area contributed by atoms with Crippen molar-refractivity contribution in [1.82, 2.24) is 4.98 Å². The lowest BCUT2D eigenvalue weighted by Gasteiger charge is -2.05. The maximum absolute atomic E-state index is 10.5. The Kier molecular flexibility index (Phi) is 3.72. The lowest BCUT2D eigenvalue weighted by Crippen LogP contribution is -1.98. The monoisotopic (exact) mass is 241 g/mol. The number of carboxylic acid groups (broad SMARTS) is 1. The molecule has 1 aromatic heterocycles. The minimum atomic E-state index is -0.780. The molecule has 3 nitrogen and oxygen atoms in total. The minimum Gasteiger partial charge on any atom is -0.481 e. The average Bonchev–Trinajstić information content (AvgIpc) is 2.38. The number of rotatable bonds is 4. The molecule has 0 spiro atoms. The van der Waals surface area contributed by atoms with Crippen LogP contribution in [0, 0.1) is 6.92 Å². The van der Waals surface area contributed by atoms with Crippen LogP contribution >= 0.6 is 0 Å². The van der Waals surface area contributed by atoms with E-state index in [4.69, 9.17) is 5.11 Å². The van der Waals surface area contributed by atoms with E-state index in [9.17, 15) is 4.79 Å². The molecule has 1 N–H and O–H groups in total. The van der Waals surface area contributed by atoms with E-state index in [2.05, 4.69) is 18.0 Å². The number of carbonyl (C=O) groups is 1. The molecule has 18 heavy (non-hydrogen) atoms. The van der Waals surface area contributed by atoms with Gasteiger partial charge in [0.05, 0.1) is 5.69 Å². The molecule has 0 saturated carbocycles. The number of hydrogen-bond donors (Lipinski definition) is 1. The summed E-state index contributed by atoms with van der Waals surface area (Å²) in [5.41, 5.74) is 4.17. The number of nitrogens with zero attached hydrogens (tertiary/aromatic N) is 1. The Balaban J connectivity index is 2.17. The maximum Gasteiger partial charge on any atom is 0.303 e. The second-order valence-electron chi connectivity index (χ2n) is 4.26. The van der Waals surface area contributed by atoms with Crippen molar-refractivity contribution in [1.29, 1.82) is 0 Å². The zero-order chi connectivity index (χ0) is 13.0. The fourth-order valence-electron chi connectivity index (χ4n) is 1.84. The predicted octanol–water partition coefficient (Wildman–Crippen LogP) is 3.07. The first-order valence-corrected chi connectivity index (χ1v) is 5.89. The number of benzene rings is 1. The Hall–Kier alpha value is -2.16. The molecule has 3 heteroatoms. The summed E-state index contributed by atoms with van der Waals surface area (Å²) in [5.74, 6) is -0.780. The van der Waals surface area contributed by atoms with Crippen LogP contribution in [0.3, 0.4) is 0 Å². The van der Waals surface area contributed by atoms with Crippen LogP contribution < -0.4 is 0 Å². The number of aromatic nitrogens is 1. The number of aryl methyl sites for hydroxylation is 2. The van der Waals surface area contributed by atoms with Crippen LogP contribution in [-0.2, 0) is 11.2 Å². The third-order valence-electron chi connectivity index (χ3n) is 2.87. The molecule has 0 unspecified atom stereocenters. The van der Waals surface area contributed by atoms with Gasteiger partial charge < -0.3 is 5.11 Å². The predicted molar refractivity (Wildman–Crippen MR) is 70.4 cm³/mol. The van der Waals surface area contributed by atoms with Crippen molar-refractivity contribution in [3.05, 3.63) is 53.7 Å². The van der Waals surface area contributed by atoms with Crippen LogP contribution in [0.1, 0.15) is 17.5 Å². The molecule has 0 aliphatic heterocycles. The van der Waals surface area contributed by atoms with E-state index in [0.29, 0.717) is 6.42 Å². The van der Waals surface area contributed by atoms with E-state index in [1.165, 1.54) is 5.56 Å². The molecule has 2 rings (SSSR count). The van der Waals surface area contributed by atoms with Gasteiger partial charge in [0.1, 0.15) is 0 Å². The zero-order valence-corrected chi connectivity index (χ0v) is 10.3. The number of pyridine rings is 1. The molecule has 2 aromatic rings. The largest absolute Gasteiger partial charge is 0.481 e. The van der Waals surface area contributed by atoms with Crippen LogP contribution in [0.2, 0.25) is 0 Å². The Bertz CT molecular complexity index is 547. The van der Waals surface area contributed by atoms with Gasteiger partial charge in [0.25, 0.3) is 0 Å². The van der Waals surface area contributed by atoms with Gasteiger partial charge in [-0.25, -0.2) is 0 Å². The fourth-order valence-corrected chi connectivity index (χ4v) is 1.84.